The lowest BCUT2D eigenvalue weighted by Crippen LogP contribution is -2.39. The molecule has 2 aromatic heterocycles. The van der Waals surface area contributed by atoms with Crippen molar-refractivity contribution in [2.24, 2.45) is 0 Å². The normalized spacial score (nSPS) is 12.1. The number of carbonyl (C=O) groups excluding carboxylic acids is 1. The molecule has 0 fully saturated rings. The number of hydrogen-bond donors (Lipinski definition) is 0. The maximum Gasteiger partial charge on any atom is 0.228 e. The van der Waals surface area contributed by atoms with Crippen molar-refractivity contribution in [1.29, 1.82) is 0 Å². The molecule has 0 aliphatic heterocycles. The first-order valence-electron chi connectivity index (χ1n) is 9.27. The molecule has 2 heterocycles. The van der Waals surface area contributed by atoms with Gasteiger partial charge < -0.3 is 9.47 Å². The fraction of sp³-hybridized carbons (Fsp3) is 0.318. The fourth-order valence-corrected chi connectivity index (χ4v) is 4.04. The molecule has 1 unspecified atom stereocenters. The largest absolute Gasteiger partial charge is 0.345 e. The lowest BCUT2D eigenvalue weighted by molar-refractivity contribution is -0.133. The van der Waals surface area contributed by atoms with Crippen molar-refractivity contribution in [3.8, 4) is 0 Å². The van der Waals surface area contributed by atoms with Crippen LogP contribution in [0, 0.1) is 0 Å². The molecule has 0 bridgehead atoms. The average molecular weight is 401 g/mol. The predicted octanol–water partition coefficient (Wildman–Crippen LogP) is 5.62. The van der Waals surface area contributed by atoms with Gasteiger partial charge in [-0.05, 0) is 54.6 Å². The average Bonchev–Trinajstić information content (AvgIpc) is 3.31. The van der Waals surface area contributed by atoms with Gasteiger partial charge in [-0.15, -0.1) is 11.3 Å². The van der Waals surface area contributed by atoms with Gasteiger partial charge >= 0.3 is 0 Å². The molecule has 1 aromatic carbocycles. The predicted molar refractivity (Wildman–Crippen MR) is 113 cm³/mol. The first-order chi connectivity index (χ1) is 13.1. The number of amides is 1. The van der Waals surface area contributed by atoms with E-state index in [4.69, 9.17) is 11.6 Å². The molecule has 0 aliphatic rings. The highest BCUT2D eigenvalue weighted by atomic mass is 35.5. The van der Waals surface area contributed by atoms with Crippen molar-refractivity contribution >= 4 is 28.8 Å². The Morgan fingerprint density at radius 1 is 1.22 bits per heavy atom. The third-order valence-electron chi connectivity index (χ3n) is 4.85. The SMILES string of the molecule is CCC(C)N(Cc1cccn1Cc1cccc(Cl)c1)C(=O)Cc1cccs1. The fourth-order valence-electron chi connectivity index (χ4n) is 3.13. The van der Waals surface area contributed by atoms with E-state index in [1.807, 2.05) is 46.7 Å². The molecule has 0 radical (unpaired) electrons. The Kier molecular flexibility index (Phi) is 6.75. The smallest absolute Gasteiger partial charge is 0.228 e. The van der Waals surface area contributed by atoms with E-state index in [2.05, 4.69) is 36.7 Å². The Morgan fingerprint density at radius 2 is 2.07 bits per heavy atom. The highest BCUT2D eigenvalue weighted by Gasteiger charge is 2.21. The van der Waals surface area contributed by atoms with Crippen LogP contribution < -0.4 is 0 Å². The molecule has 3 nitrogen and oxygen atoms in total. The molecular weight excluding hydrogens is 376 g/mol. The van der Waals surface area contributed by atoms with Gasteiger partial charge in [0, 0.05) is 34.4 Å². The van der Waals surface area contributed by atoms with Crippen LogP contribution in [0.1, 0.15) is 36.4 Å². The third kappa shape index (κ3) is 5.24. The lowest BCUT2D eigenvalue weighted by atomic mass is 10.1. The van der Waals surface area contributed by atoms with Gasteiger partial charge in [-0.2, -0.15) is 0 Å². The molecule has 1 atom stereocenters. The number of rotatable bonds is 8. The van der Waals surface area contributed by atoms with Gasteiger partial charge in [-0.3, -0.25) is 4.79 Å². The zero-order valence-electron chi connectivity index (χ0n) is 15.8. The second-order valence-electron chi connectivity index (χ2n) is 6.79. The van der Waals surface area contributed by atoms with E-state index in [1.165, 1.54) is 0 Å². The number of nitrogens with zero attached hydrogens (tertiary/aromatic N) is 2. The van der Waals surface area contributed by atoms with Crippen LogP contribution in [0.5, 0.6) is 0 Å². The van der Waals surface area contributed by atoms with Crippen molar-refractivity contribution in [1.82, 2.24) is 9.47 Å². The van der Waals surface area contributed by atoms with Gasteiger partial charge in [0.15, 0.2) is 0 Å². The molecule has 27 heavy (non-hydrogen) atoms. The summed E-state index contributed by atoms with van der Waals surface area (Å²) in [4.78, 5) is 16.1. The zero-order chi connectivity index (χ0) is 19.2. The number of benzene rings is 1. The second kappa shape index (κ2) is 9.25. The Bertz CT molecular complexity index is 872. The van der Waals surface area contributed by atoms with Crippen LogP contribution >= 0.6 is 22.9 Å². The summed E-state index contributed by atoms with van der Waals surface area (Å²) in [5.74, 6) is 0.183. The highest BCUT2D eigenvalue weighted by Crippen LogP contribution is 2.18. The van der Waals surface area contributed by atoms with Gasteiger partial charge in [0.25, 0.3) is 0 Å². The summed E-state index contributed by atoms with van der Waals surface area (Å²) in [6.45, 7) is 5.61. The van der Waals surface area contributed by atoms with Gasteiger partial charge in [-0.25, -0.2) is 0 Å². The lowest BCUT2D eigenvalue weighted by Gasteiger charge is -2.29. The van der Waals surface area contributed by atoms with Gasteiger partial charge in [-0.1, -0.05) is 36.7 Å². The quantitative estimate of drug-likeness (QED) is 0.481. The highest BCUT2D eigenvalue weighted by molar-refractivity contribution is 7.10. The summed E-state index contributed by atoms with van der Waals surface area (Å²) in [5, 5.41) is 2.76. The van der Waals surface area contributed by atoms with Crippen molar-refractivity contribution in [3.05, 3.63) is 81.3 Å². The minimum Gasteiger partial charge on any atom is -0.345 e. The molecule has 5 heteroatoms. The first-order valence-corrected chi connectivity index (χ1v) is 10.5. The van der Waals surface area contributed by atoms with Gasteiger partial charge in [0.05, 0.1) is 13.0 Å². The number of carbonyl (C=O) groups is 1. The molecule has 142 valence electrons. The van der Waals surface area contributed by atoms with E-state index in [1.54, 1.807) is 11.3 Å². The third-order valence-corrected chi connectivity index (χ3v) is 5.96. The number of thiophene rings is 1. The summed E-state index contributed by atoms with van der Waals surface area (Å²) in [6.07, 6.45) is 3.47. The minimum atomic E-state index is 0.183. The number of hydrogen-bond acceptors (Lipinski definition) is 2. The van der Waals surface area contributed by atoms with Crippen molar-refractivity contribution in [2.45, 2.75) is 45.8 Å². The van der Waals surface area contributed by atoms with Crippen LogP contribution in [0.25, 0.3) is 0 Å². The Labute approximate surface area is 170 Å². The summed E-state index contributed by atoms with van der Waals surface area (Å²) in [5.41, 5.74) is 2.29. The van der Waals surface area contributed by atoms with E-state index in [9.17, 15) is 4.79 Å². The molecule has 3 aromatic rings. The Morgan fingerprint density at radius 3 is 2.78 bits per heavy atom. The van der Waals surface area contributed by atoms with Gasteiger partial charge in [0.1, 0.15) is 0 Å². The van der Waals surface area contributed by atoms with Crippen LogP contribution in [-0.4, -0.2) is 21.4 Å². The van der Waals surface area contributed by atoms with Crippen LogP contribution in [0.2, 0.25) is 5.02 Å². The van der Waals surface area contributed by atoms with E-state index >= 15 is 0 Å². The maximum absolute atomic E-state index is 13.0. The molecule has 3 rings (SSSR count). The van der Waals surface area contributed by atoms with E-state index < -0.39 is 0 Å². The maximum atomic E-state index is 13.0. The summed E-state index contributed by atoms with van der Waals surface area (Å²) < 4.78 is 2.19. The van der Waals surface area contributed by atoms with Crippen molar-refractivity contribution in [2.75, 3.05) is 0 Å². The molecular formula is C22H25ClN2OS. The zero-order valence-corrected chi connectivity index (χ0v) is 17.3. The summed E-state index contributed by atoms with van der Waals surface area (Å²) >= 11 is 7.75. The topological polar surface area (TPSA) is 25.2 Å². The van der Waals surface area contributed by atoms with Crippen molar-refractivity contribution in [3.63, 3.8) is 0 Å². The molecule has 0 N–H and O–H groups in total. The molecule has 0 saturated carbocycles. The van der Waals surface area contributed by atoms with E-state index in [0.29, 0.717) is 13.0 Å². The van der Waals surface area contributed by atoms with Crippen molar-refractivity contribution < 1.29 is 4.79 Å². The molecule has 0 saturated heterocycles. The number of aromatic nitrogens is 1. The standard InChI is InChI=1S/C22H25ClN2OS/c1-3-17(2)25(22(26)14-21-10-6-12-27-21)16-20-9-5-11-24(20)15-18-7-4-8-19(23)13-18/h4-13,17H,3,14-16H2,1-2H3. The Balaban J connectivity index is 1.76. The number of halogens is 1. The van der Waals surface area contributed by atoms with Crippen LogP contribution in [0.4, 0.5) is 0 Å². The first kappa shape index (κ1) is 19.7. The monoisotopic (exact) mass is 400 g/mol. The molecule has 1 amide bonds. The summed E-state index contributed by atoms with van der Waals surface area (Å²) in [7, 11) is 0. The second-order valence-corrected chi connectivity index (χ2v) is 8.26. The van der Waals surface area contributed by atoms with Crippen LogP contribution in [0.15, 0.2) is 60.1 Å². The van der Waals surface area contributed by atoms with E-state index in [0.717, 1.165) is 34.1 Å². The van der Waals surface area contributed by atoms with Crippen LogP contribution in [-0.2, 0) is 24.3 Å². The molecule has 0 spiro atoms. The van der Waals surface area contributed by atoms with Gasteiger partial charge in [0.2, 0.25) is 5.91 Å². The van der Waals surface area contributed by atoms with Crippen LogP contribution in [0.3, 0.4) is 0 Å². The molecule has 0 aliphatic carbocycles. The minimum absolute atomic E-state index is 0.183. The summed E-state index contributed by atoms with van der Waals surface area (Å²) in [6, 6.07) is 16.3. The Hall–Kier alpha value is -2.04. The van der Waals surface area contributed by atoms with E-state index in [-0.39, 0.29) is 11.9 Å².